The molecule has 0 spiro atoms. The number of rotatable bonds is 5. The number of para-hydroxylation sites is 2. The van der Waals surface area contributed by atoms with Gasteiger partial charge in [0.05, 0.1) is 17.1 Å². The standard InChI is InChI=1S/C25H24BrN3O/c1-16-11-12-21(17(2)13-16)25(30)27-18(3)24-28-22-9-4-5-10-23(22)29(24)15-19-7-6-8-20(26)14-19/h4-14,18H,15H2,1-3H3,(H,27,30). The Balaban J connectivity index is 1.68. The van der Waals surface area contributed by atoms with Gasteiger partial charge in [-0.2, -0.15) is 0 Å². The molecule has 0 bridgehead atoms. The minimum absolute atomic E-state index is 0.0824. The summed E-state index contributed by atoms with van der Waals surface area (Å²) in [5.74, 6) is 0.760. The minimum atomic E-state index is -0.238. The number of carbonyl (C=O) groups excluding carboxylic acids is 1. The van der Waals surface area contributed by atoms with Crippen molar-refractivity contribution in [1.82, 2.24) is 14.9 Å². The molecule has 4 rings (SSSR count). The van der Waals surface area contributed by atoms with E-state index >= 15 is 0 Å². The lowest BCUT2D eigenvalue weighted by Gasteiger charge is -2.17. The number of halogens is 1. The Morgan fingerprint density at radius 1 is 1.07 bits per heavy atom. The van der Waals surface area contributed by atoms with Crippen LogP contribution < -0.4 is 5.32 Å². The van der Waals surface area contributed by atoms with E-state index in [4.69, 9.17) is 4.98 Å². The summed E-state index contributed by atoms with van der Waals surface area (Å²) >= 11 is 3.55. The second kappa shape index (κ2) is 8.44. The van der Waals surface area contributed by atoms with Crippen molar-refractivity contribution in [3.63, 3.8) is 0 Å². The van der Waals surface area contributed by atoms with Gasteiger partial charge in [0.1, 0.15) is 5.82 Å². The normalized spacial score (nSPS) is 12.1. The molecule has 0 fully saturated rings. The molecule has 5 heteroatoms. The van der Waals surface area contributed by atoms with Crippen LogP contribution in [0, 0.1) is 13.8 Å². The van der Waals surface area contributed by atoms with Gasteiger partial charge in [0.15, 0.2) is 0 Å². The van der Waals surface area contributed by atoms with Gasteiger partial charge in [-0.05, 0) is 62.2 Å². The molecule has 0 aliphatic heterocycles. The van der Waals surface area contributed by atoms with Gasteiger partial charge < -0.3 is 9.88 Å². The van der Waals surface area contributed by atoms with E-state index in [1.54, 1.807) is 0 Å². The quantitative estimate of drug-likeness (QED) is 0.398. The summed E-state index contributed by atoms with van der Waals surface area (Å²) in [7, 11) is 0. The van der Waals surface area contributed by atoms with Crippen LogP contribution >= 0.6 is 15.9 Å². The lowest BCUT2D eigenvalue weighted by molar-refractivity contribution is 0.0937. The van der Waals surface area contributed by atoms with Crippen LogP contribution in [0.4, 0.5) is 0 Å². The number of nitrogens with one attached hydrogen (secondary N) is 1. The molecule has 4 aromatic rings. The van der Waals surface area contributed by atoms with Crippen molar-refractivity contribution < 1.29 is 4.79 Å². The fourth-order valence-corrected chi connectivity index (χ4v) is 4.26. The summed E-state index contributed by atoms with van der Waals surface area (Å²) in [6.07, 6.45) is 0. The summed E-state index contributed by atoms with van der Waals surface area (Å²) in [5.41, 5.74) is 5.97. The monoisotopic (exact) mass is 461 g/mol. The Morgan fingerprint density at radius 3 is 2.63 bits per heavy atom. The number of aryl methyl sites for hydroxylation is 2. The van der Waals surface area contributed by atoms with Crippen molar-refractivity contribution in [2.24, 2.45) is 0 Å². The molecule has 1 atom stereocenters. The maximum Gasteiger partial charge on any atom is 0.252 e. The summed E-state index contributed by atoms with van der Waals surface area (Å²) in [4.78, 5) is 17.8. The molecular formula is C25H24BrN3O. The molecule has 0 saturated carbocycles. The van der Waals surface area contributed by atoms with Crippen molar-refractivity contribution in [2.45, 2.75) is 33.4 Å². The van der Waals surface area contributed by atoms with Crippen LogP contribution in [0.3, 0.4) is 0 Å². The van der Waals surface area contributed by atoms with Crippen molar-refractivity contribution in [3.05, 3.63) is 99.3 Å². The van der Waals surface area contributed by atoms with E-state index in [-0.39, 0.29) is 11.9 Å². The Labute approximate surface area is 185 Å². The largest absolute Gasteiger partial charge is 0.342 e. The van der Waals surface area contributed by atoms with Gasteiger partial charge in [0, 0.05) is 16.6 Å². The highest BCUT2D eigenvalue weighted by atomic mass is 79.9. The highest BCUT2D eigenvalue weighted by molar-refractivity contribution is 9.10. The molecule has 30 heavy (non-hydrogen) atoms. The van der Waals surface area contributed by atoms with Crippen molar-refractivity contribution >= 4 is 32.9 Å². The first-order valence-electron chi connectivity index (χ1n) is 10.00. The van der Waals surface area contributed by atoms with Gasteiger partial charge in [0.25, 0.3) is 5.91 Å². The fourth-order valence-electron chi connectivity index (χ4n) is 3.82. The van der Waals surface area contributed by atoms with Crippen LogP contribution in [0.15, 0.2) is 71.2 Å². The number of hydrogen-bond acceptors (Lipinski definition) is 2. The van der Waals surface area contributed by atoms with Crippen LogP contribution in [0.25, 0.3) is 11.0 Å². The second-order valence-corrected chi connectivity index (χ2v) is 8.60. The molecule has 1 heterocycles. The SMILES string of the molecule is Cc1ccc(C(=O)NC(C)c2nc3ccccc3n2Cc2cccc(Br)c2)c(C)c1. The average molecular weight is 462 g/mol. The van der Waals surface area contributed by atoms with Crippen LogP contribution in [0.2, 0.25) is 0 Å². The van der Waals surface area contributed by atoms with Gasteiger partial charge in [-0.3, -0.25) is 4.79 Å². The Hall–Kier alpha value is -2.92. The first-order valence-corrected chi connectivity index (χ1v) is 10.8. The molecular weight excluding hydrogens is 438 g/mol. The highest BCUT2D eigenvalue weighted by Gasteiger charge is 2.20. The number of nitrogens with zero attached hydrogens (tertiary/aromatic N) is 2. The summed E-state index contributed by atoms with van der Waals surface area (Å²) in [5, 5.41) is 3.14. The molecule has 0 aliphatic rings. The number of fused-ring (bicyclic) bond motifs is 1. The summed E-state index contributed by atoms with van der Waals surface area (Å²) in [6.45, 7) is 6.66. The van der Waals surface area contributed by atoms with Crippen molar-refractivity contribution in [3.8, 4) is 0 Å². The third-order valence-corrected chi connectivity index (χ3v) is 5.77. The Morgan fingerprint density at radius 2 is 1.87 bits per heavy atom. The third-order valence-electron chi connectivity index (χ3n) is 5.28. The van der Waals surface area contributed by atoms with E-state index < -0.39 is 0 Å². The Kier molecular flexibility index (Phi) is 5.73. The van der Waals surface area contributed by atoms with Gasteiger partial charge in [0.2, 0.25) is 0 Å². The van der Waals surface area contributed by atoms with Crippen LogP contribution in [-0.2, 0) is 6.54 Å². The van der Waals surface area contributed by atoms with E-state index in [1.807, 2.05) is 69.3 Å². The molecule has 1 N–H and O–H groups in total. The maximum atomic E-state index is 12.9. The molecule has 1 unspecified atom stereocenters. The van der Waals surface area contributed by atoms with Gasteiger partial charge >= 0.3 is 0 Å². The highest BCUT2D eigenvalue weighted by Crippen LogP contribution is 2.24. The van der Waals surface area contributed by atoms with Crippen LogP contribution in [0.5, 0.6) is 0 Å². The molecule has 0 saturated heterocycles. The topological polar surface area (TPSA) is 46.9 Å². The van der Waals surface area contributed by atoms with E-state index in [0.29, 0.717) is 12.1 Å². The molecule has 3 aromatic carbocycles. The smallest absolute Gasteiger partial charge is 0.252 e. The number of imidazole rings is 1. The first kappa shape index (κ1) is 20.4. The zero-order valence-corrected chi connectivity index (χ0v) is 18.9. The predicted octanol–water partition coefficient (Wildman–Crippen LogP) is 5.95. The summed E-state index contributed by atoms with van der Waals surface area (Å²) in [6, 6.07) is 22.0. The predicted molar refractivity (Wildman–Crippen MR) is 125 cm³/mol. The van der Waals surface area contributed by atoms with Crippen molar-refractivity contribution in [2.75, 3.05) is 0 Å². The van der Waals surface area contributed by atoms with Gasteiger partial charge in [-0.1, -0.05) is 57.9 Å². The maximum absolute atomic E-state index is 12.9. The first-order chi connectivity index (χ1) is 14.4. The minimum Gasteiger partial charge on any atom is -0.342 e. The van der Waals surface area contributed by atoms with Crippen LogP contribution in [0.1, 0.15) is 45.8 Å². The lowest BCUT2D eigenvalue weighted by Crippen LogP contribution is -2.29. The molecule has 0 radical (unpaired) electrons. The number of hydrogen-bond donors (Lipinski definition) is 1. The van der Waals surface area contributed by atoms with Gasteiger partial charge in [-0.25, -0.2) is 4.98 Å². The van der Waals surface area contributed by atoms with Gasteiger partial charge in [-0.15, -0.1) is 0 Å². The molecule has 1 aromatic heterocycles. The van der Waals surface area contributed by atoms with E-state index in [0.717, 1.165) is 32.5 Å². The number of amides is 1. The zero-order chi connectivity index (χ0) is 21.3. The number of benzene rings is 3. The average Bonchev–Trinajstić information content (AvgIpc) is 3.06. The second-order valence-electron chi connectivity index (χ2n) is 7.69. The lowest BCUT2D eigenvalue weighted by atomic mass is 10.0. The molecule has 1 amide bonds. The molecule has 152 valence electrons. The zero-order valence-electron chi connectivity index (χ0n) is 17.3. The Bertz CT molecular complexity index is 1230. The van der Waals surface area contributed by atoms with E-state index in [2.05, 4.69) is 44.0 Å². The molecule has 4 nitrogen and oxygen atoms in total. The number of aromatic nitrogens is 2. The van der Waals surface area contributed by atoms with Crippen LogP contribution in [-0.4, -0.2) is 15.5 Å². The van der Waals surface area contributed by atoms with E-state index in [1.165, 1.54) is 5.56 Å². The van der Waals surface area contributed by atoms with Crippen molar-refractivity contribution in [1.29, 1.82) is 0 Å². The third kappa shape index (κ3) is 4.17. The fraction of sp³-hybridized carbons (Fsp3) is 0.200. The molecule has 0 aliphatic carbocycles. The summed E-state index contributed by atoms with van der Waals surface area (Å²) < 4.78 is 3.23. The number of carbonyl (C=O) groups is 1. The van der Waals surface area contributed by atoms with E-state index in [9.17, 15) is 4.79 Å².